The van der Waals surface area contributed by atoms with Crippen molar-refractivity contribution in [3.63, 3.8) is 0 Å². The molecule has 5 heteroatoms. The van der Waals surface area contributed by atoms with Crippen molar-refractivity contribution < 1.29 is 14.3 Å². The lowest BCUT2D eigenvalue weighted by atomic mass is 10.0. The van der Waals surface area contributed by atoms with Gasteiger partial charge in [-0.1, -0.05) is 0 Å². The second-order valence-corrected chi connectivity index (χ2v) is 5.91. The topological polar surface area (TPSA) is 75.0 Å². The minimum Gasteiger partial charge on any atom is -0.461 e. The summed E-state index contributed by atoms with van der Waals surface area (Å²) in [5.41, 5.74) is 6.93. The first-order valence-electron chi connectivity index (χ1n) is 7.82. The first kappa shape index (κ1) is 17.1. The van der Waals surface area contributed by atoms with Crippen molar-refractivity contribution in [3.05, 3.63) is 45.0 Å². The van der Waals surface area contributed by atoms with Crippen molar-refractivity contribution in [3.8, 4) is 0 Å². The number of hydrogen-bond acceptors (Lipinski definition) is 3. The van der Waals surface area contributed by atoms with Gasteiger partial charge in [-0.2, -0.15) is 0 Å². The van der Waals surface area contributed by atoms with Gasteiger partial charge >= 0.3 is 5.97 Å². The summed E-state index contributed by atoms with van der Waals surface area (Å²) in [7, 11) is 0. The van der Waals surface area contributed by atoms with Crippen molar-refractivity contribution in [2.75, 3.05) is 6.61 Å². The van der Waals surface area contributed by atoms with E-state index in [4.69, 9.17) is 4.74 Å². The summed E-state index contributed by atoms with van der Waals surface area (Å²) < 4.78 is 5.06. The monoisotopic (exact) mass is 316 g/mol. The van der Waals surface area contributed by atoms with Crippen LogP contribution in [-0.2, 0) is 11.2 Å². The Labute approximate surface area is 136 Å². The summed E-state index contributed by atoms with van der Waals surface area (Å²) in [5.74, 6) is -0.476. The summed E-state index contributed by atoms with van der Waals surface area (Å²) in [6.45, 7) is 11.5. The highest BCUT2D eigenvalue weighted by molar-refractivity contribution is 6.01. The Bertz CT molecular complexity index is 766. The van der Waals surface area contributed by atoms with Gasteiger partial charge in [-0.15, -0.1) is 0 Å². The highest BCUT2D eigenvalue weighted by Gasteiger charge is 2.23. The molecular formula is C18H24N2O3. The number of H-pyrrole nitrogens is 2. The lowest BCUT2D eigenvalue weighted by Gasteiger charge is -2.03. The molecule has 0 bridgehead atoms. The second kappa shape index (κ2) is 6.44. The first-order valence-corrected chi connectivity index (χ1v) is 7.82. The average molecular weight is 316 g/mol. The standard InChI is InChI=1S/C18H24N2O3/c1-7-23-18(22)17-11(4)16(13(6)21)15(20-17)8-14-10(3)9(2)12(5)19-14/h19-20H,7-8H2,1-6H3. The molecule has 0 radical (unpaired) electrons. The number of ether oxygens (including phenoxy) is 1. The van der Waals surface area contributed by atoms with E-state index in [1.54, 1.807) is 13.8 Å². The van der Waals surface area contributed by atoms with Crippen LogP contribution < -0.4 is 0 Å². The van der Waals surface area contributed by atoms with E-state index in [-0.39, 0.29) is 5.78 Å². The summed E-state index contributed by atoms with van der Waals surface area (Å²) in [6.07, 6.45) is 0.551. The molecule has 0 spiro atoms. The van der Waals surface area contributed by atoms with E-state index in [0.717, 1.165) is 17.1 Å². The number of carbonyl (C=O) groups is 2. The van der Waals surface area contributed by atoms with Crippen LogP contribution in [0.5, 0.6) is 0 Å². The zero-order chi connectivity index (χ0) is 17.3. The molecule has 0 aliphatic rings. The Kier molecular flexibility index (Phi) is 4.78. The van der Waals surface area contributed by atoms with E-state index < -0.39 is 5.97 Å². The van der Waals surface area contributed by atoms with Gasteiger partial charge in [-0.25, -0.2) is 4.79 Å². The van der Waals surface area contributed by atoms with Gasteiger partial charge in [-0.3, -0.25) is 4.79 Å². The van der Waals surface area contributed by atoms with E-state index in [1.807, 2.05) is 6.92 Å². The third-order valence-corrected chi connectivity index (χ3v) is 4.43. The molecule has 2 heterocycles. The van der Waals surface area contributed by atoms with Gasteiger partial charge in [0.1, 0.15) is 5.69 Å². The summed E-state index contributed by atoms with van der Waals surface area (Å²) in [6, 6.07) is 0. The summed E-state index contributed by atoms with van der Waals surface area (Å²) in [5, 5.41) is 0. The lowest BCUT2D eigenvalue weighted by molar-refractivity contribution is 0.0519. The van der Waals surface area contributed by atoms with Gasteiger partial charge in [-0.05, 0) is 58.2 Å². The molecule has 5 nitrogen and oxygen atoms in total. The molecule has 0 unspecified atom stereocenters. The largest absolute Gasteiger partial charge is 0.461 e. The number of carbonyl (C=O) groups excluding carboxylic acids is 2. The van der Waals surface area contributed by atoms with Crippen LogP contribution in [0.3, 0.4) is 0 Å². The van der Waals surface area contributed by atoms with Crippen molar-refractivity contribution in [1.82, 2.24) is 9.97 Å². The van der Waals surface area contributed by atoms with E-state index in [2.05, 4.69) is 23.8 Å². The number of aromatic amines is 2. The van der Waals surface area contributed by atoms with Crippen LogP contribution in [0.15, 0.2) is 0 Å². The van der Waals surface area contributed by atoms with Crippen LogP contribution in [0.4, 0.5) is 0 Å². The third-order valence-electron chi connectivity index (χ3n) is 4.43. The fourth-order valence-electron chi connectivity index (χ4n) is 2.95. The van der Waals surface area contributed by atoms with E-state index in [1.165, 1.54) is 18.1 Å². The maximum atomic E-state index is 12.1. The normalized spacial score (nSPS) is 10.9. The van der Waals surface area contributed by atoms with Crippen LogP contribution in [0.25, 0.3) is 0 Å². The molecule has 0 aliphatic carbocycles. The Morgan fingerprint density at radius 3 is 2.09 bits per heavy atom. The quantitative estimate of drug-likeness (QED) is 0.654. The van der Waals surface area contributed by atoms with Crippen LogP contribution in [0, 0.1) is 27.7 Å². The fraction of sp³-hybridized carbons (Fsp3) is 0.444. The molecule has 2 aromatic heterocycles. The Balaban J connectivity index is 2.49. The SMILES string of the molecule is CCOC(=O)c1[nH]c(Cc2[nH]c(C)c(C)c2C)c(C(C)=O)c1C. The van der Waals surface area contributed by atoms with Crippen LogP contribution in [-0.4, -0.2) is 28.3 Å². The Hall–Kier alpha value is -2.30. The highest BCUT2D eigenvalue weighted by Crippen LogP contribution is 2.25. The van der Waals surface area contributed by atoms with E-state index in [0.29, 0.717) is 29.8 Å². The first-order chi connectivity index (χ1) is 10.8. The average Bonchev–Trinajstić information content (AvgIpc) is 2.92. The van der Waals surface area contributed by atoms with Crippen molar-refractivity contribution in [1.29, 1.82) is 0 Å². The predicted molar refractivity (Wildman–Crippen MR) is 89.3 cm³/mol. The molecule has 2 N–H and O–H groups in total. The molecule has 0 saturated heterocycles. The smallest absolute Gasteiger partial charge is 0.355 e. The predicted octanol–water partition coefficient (Wildman–Crippen LogP) is 3.55. The minimum absolute atomic E-state index is 0.0537. The number of aryl methyl sites for hydroxylation is 1. The molecule has 2 rings (SSSR count). The Morgan fingerprint density at radius 1 is 0.957 bits per heavy atom. The van der Waals surface area contributed by atoms with Crippen molar-refractivity contribution in [2.24, 2.45) is 0 Å². The van der Waals surface area contributed by atoms with Gasteiger partial charge in [0.15, 0.2) is 5.78 Å². The zero-order valence-electron chi connectivity index (χ0n) is 14.6. The molecule has 0 amide bonds. The third kappa shape index (κ3) is 3.09. The number of esters is 1. The van der Waals surface area contributed by atoms with Gasteiger partial charge in [0, 0.05) is 29.1 Å². The molecule has 0 saturated carbocycles. The van der Waals surface area contributed by atoms with Gasteiger partial charge in [0.25, 0.3) is 0 Å². The lowest BCUT2D eigenvalue weighted by Crippen LogP contribution is -2.07. The van der Waals surface area contributed by atoms with E-state index in [9.17, 15) is 9.59 Å². The number of nitrogens with one attached hydrogen (secondary N) is 2. The van der Waals surface area contributed by atoms with Crippen LogP contribution >= 0.6 is 0 Å². The summed E-state index contributed by atoms with van der Waals surface area (Å²) in [4.78, 5) is 30.6. The van der Waals surface area contributed by atoms with Crippen LogP contribution in [0.2, 0.25) is 0 Å². The van der Waals surface area contributed by atoms with E-state index >= 15 is 0 Å². The molecule has 0 fully saturated rings. The maximum absolute atomic E-state index is 12.1. The van der Waals surface area contributed by atoms with Crippen molar-refractivity contribution in [2.45, 2.75) is 48.0 Å². The minimum atomic E-state index is -0.422. The number of aromatic nitrogens is 2. The molecular weight excluding hydrogens is 292 g/mol. The number of Topliss-reactive ketones (excluding diaryl/α,β-unsaturated/α-hetero) is 1. The maximum Gasteiger partial charge on any atom is 0.355 e. The molecule has 0 atom stereocenters. The Morgan fingerprint density at radius 2 is 1.61 bits per heavy atom. The highest BCUT2D eigenvalue weighted by atomic mass is 16.5. The van der Waals surface area contributed by atoms with Gasteiger partial charge < -0.3 is 14.7 Å². The zero-order valence-corrected chi connectivity index (χ0v) is 14.6. The number of ketones is 1. The van der Waals surface area contributed by atoms with Crippen molar-refractivity contribution >= 4 is 11.8 Å². The summed E-state index contributed by atoms with van der Waals surface area (Å²) >= 11 is 0. The molecule has 0 aromatic carbocycles. The molecule has 124 valence electrons. The number of rotatable bonds is 5. The van der Waals surface area contributed by atoms with Gasteiger partial charge in [0.2, 0.25) is 0 Å². The molecule has 23 heavy (non-hydrogen) atoms. The second-order valence-electron chi connectivity index (χ2n) is 5.91. The molecule has 2 aromatic rings. The van der Waals surface area contributed by atoms with Gasteiger partial charge in [0.05, 0.1) is 6.61 Å². The fourth-order valence-corrected chi connectivity index (χ4v) is 2.95. The molecule has 0 aliphatic heterocycles. The number of hydrogen-bond donors (Lipinski definition) is 2. The van der Waals surface area contributed by atoms with Crippen LogP contribution in [0.1, 0.15) is 68.5 Å².